The Morgan fingerprint density at radius 1 is 1.32 bits per heavy atom. The molecule has 0 saturated carbocycles. The molecular formula is C16H28N2O. The zero-order chi connectivity index (χ0) is 14.3. The van der Waals surface area contributed by atoms with Crippen LogP contribution in [0.15, 0.2) is 18.2 Å². The van der Waals surface area contributed by atoms with Crippen LogP contribution >= 0.6 is 0 Å². The summed E-state index contributed by atoms with van der Waals surface area (Å²) in [6, 6.07) is 6.70. The van der Waals surface area contributed by atoms with Gasteiger partial charge in [-0.1, -0.05) is 26.3 Å². The molecule has 0 aliphatic rings. The van der Waals surface area contributed by atoms with Gasteiger partial charge in [-0.15, -0.1) is 0 Å². The minimum Gasteiger partial charge on any atom is -0.497 e. The van der Waals surface area contributed by atoms with Crippen molar-refractivity contribution >= 4 is 5.69 Å². The summed E-state index contributed by atoms with van der Waals surface area (Å²) in [5, 5.41) is 0. The Kier molecular flexibility index (Phi) is 6.71. The van der Waals surface area contributed by atoms with E-state index in [2.05, 4.69) is 37.8 Å². The number of nitrogens with zero attached hydrogens (tertiary/aromatic N) is 1. The number of nitrogens with two attached hydrogens (primary N) is 1. The van der Waals surface area contributed by atoms with Crippen LogP contribution in [0.4, 0.5) is 5.69 Å². The largest absolute Gasteiger partial charge is 0.497 e. The molecular weight excluding hydrogens is 236 g/mol. The quantitative estimate of drug-likeness (QED) is 0.780. The molecule has 3 heteroatoms. The second kappa shape index (κ2) is 8.05. The molecule has 0 heterocycles. The fourth-order valence-electron chi connectivity index (χ4n) is 2.24. The smallest absolute Gasteiger partial charge is 0.120 e. The fourth-order valence-corrected chi connectivity index (χ4v) is 2.24. The van der Waals surface area contributed by atoms with Crippen LogP contribution in [-0.4, -0.2) is 19.7 Å². The maximum Gasteiger partial charge on any atom is 0.120 e. The summed E-state index contributed by atoms with van der Waals surface area (Å²) in [6.45, 7) is 8.37. The van der Waals surface area contributed by atoms with E-state index in [1.165, 1.54) is 24.1 Å². The zero-order valence-electron chi connectivity index (χ0n) is 12.8. The number of hydrogen-bond donors (Lipinski definition) is 1. The number of rotatable bonds is 8. The SMILES string of the molecule is CCCCN(c1cc(OC)ccc1CN)C(C)CC. The first-order chi connectivity index (χ1) is 9.17. The highest BCUT2D eigenvalue weighted by atomic mass is 16.5. The van der Waals surface area contributed by atoms with Gasteiger partial charge in [0.2, 0.25) is 0 Å². The molecule has 1 aromatic rings. The number of anilines is 1. The molecule has 0 aliphatic heterocycles. The maximum atomic E-state index is 5.88. The number of hydrogen-bond acceptors (Lipinski definition) is 3. The van der Waals surface area contributed by atoms with E-state index in [0.29, 0.717) is 12.6 Å². The van der Waals surface area contributed by atoms with Crippen LogP contribution in [-0.2, 0) is 6.54 Å². The molecule has 1 rings (SSSR count). The first-order valence-electron chi connectivity index (χ1n) is 7.31. The molecule has 0 bridgehead atoms. The number of benzene rings is 1. The Bertz CT molecular complexity index is 379. The van der Waals surface area contributed by atoms with Gasteiger partial charge >= 0.3 is 0 Å². The fraction of sp³-hybridized carbons (Fsp3) is 0.625. The molecule has 0 aliphatic carbocycles. The normalized spacial score (nSPS) is 12.3. The van der Waals surface area contributed by atoms with Gasteiger partial charge in [0.05, 0.1) is 7.11 Å². The first kappa shape index (κ1) is 15.8. The van der Waals surface area contributed by atoms with Gasteiger partial charge in [0.15, 0.2) is 0 Å². The van der Waals surface area contributed by atoms with Gasteiger partial charge in [-0.2, -0.15) is 0 Å². The van der Waals surface area contributed by atoms with Crippen LogP contribution in [0.1, 0.15) is 45.6 Å². The predicted molar refractivity (Wildman–Crippen MR) is 82.9 cm³/mol. The highest BCUT2D eigenvalue weighted by Crippen LogP contribution is 2.28. The molecule has 0 saturated heterocycles. The highest BCUT2D eigenvalue weighted by molar-refractivity contribution is 5.58. The molecule has 1 atom stereocenters. The lowest BCUT2D eigenvalue weighted by molar-refractivity contribution is 0.414. The van der Waals surface area contributed by atoms with Crippen molar-refractivity contribution < 1.29 is 4.74 Å². The maximum absolute atomic E-state index is 5.88. The van der Waals surface area contributed by atoms with Crippen molar-refractivity contribution in [2.45, 2.75) is 52.6 Å². The lowest BCUT2D eigenvalue weighted by Crippen LogP contribution is -2.34. The van der Waals surface area contributed by atoms with E-state index in [-0.39, 0.29) is 0 Å². The van der Waals surface area contributed by atoms with Crippen molar-refractivity contribution in [3.63, 3.8) is 0 Å². The second-order valence-corrected chi connectivity index (χ2v) is 5.00. The standard InChI is InChI=1S/C16H28N2O/c1-5-7-10-18(13(3)6-2)16-11-15(19-4)9-8-14(16)12-17/h8-9,11,13H,5-7,10,12,17H2,1-4H3. The molecule has 1 aromatic carbocycles. The van der Waals surface area contributed by atoms with E-state index in [0.717, 1.165) is 18.7 Å². The van der Waals surface area contributed by atoms with Gasteiger partial charge in [0.25, 0.3) is 0 Å². The van der Waals surface area contributed by atoms with Crippen molar-refractivity contribution in [1.82, 2.24) is 0 Å². The third-order valence-electron chi connectivity index (χ3n) is 3.70. The van der Waals surface area contributed by atoms with Crippen LogP contribution in [0.3, 0.4) is 0 Å². The van der Waals surface area contributed by atoms with E-state index in [1.54, 1.807) is 7.11 Å². The van der Waals surface area contributed by atoms with E-state index in [9.17, 15) is 0 Å². The summed E-state index contributed by atoms with van der Waals surface area (Å²) in [7, 11) is 1.71. The average molecular weight is 264 g/mol. The molecule has 0 aromatic heterocycles. The topological polar surface area (TPSA) is 38.5 Å². The summed E-state index contributed by atoms with van der Waals surface area (Å²) in [5.74, 6) is 0.900. The number of ether oxygens (including phenoxy) is 1. The van der Waals surface area contributed by atoms with Gasteiger partial charge in [0.1, 0.15) is 5.75 Å². The minimum absolute atomic E-state index is 0.518. The van der Waals surface area contributed by atoms with Crippen molar-refractivity contribution in [3.05, 3.63) is 23.8 Å². The van der Waals surface area contributed by atoms with Crippen LogP contribution in [0.2, 0.25) is 0 Å². The molecule has 19 heavy (non-hydrogen) atoms. The third-order valence-corrected chi connectivity index (χ3v) is 3.70. The van der Waals surface area contributed by atoms with Gasteiger partial charge in [0, 0.05) is 30.9 Å². The van der Waals surface area contributed by atoms with Gasteiger partial charge in [-0.05, 0) is 31.4 Å². The third kappa shape index (κ3) is 4.13. The van der Waals surface area contributed by atoms with Crippen LogP contribution < -0.4 is 15.4 Å². The lowest BCUT2D eigenvalue weighted by atomic mass is 10.1. The van der Waals surface area contributed by atoms with Gasteiger partial charge in [-0.3, -0.25) is 0 Å². The van der Waals surface area contributed by atoms with E-state index in [4.69, 9.17) is 10.5 Å². The lowest BCUT2D eigenvalue weighted by Gasteiger charge is -2.32. The molecule has 0 fully saturated rings. The Morgan fingerprint density at radius 2 is 2.05 bits per heavy atom. The molecule has 0 radical (unpaired) electrons. The number of methoxy groups -OCH3 is 1. The van der Waals surface area contributed by atoms with Gasteiger partial charge < -0.3 is 15.4 Å². The average Bonchev–Trinajstić information content (AvgIpc) is 2.46. The number of unbranched alkanes of at least 4 members (excludes halogenated alkanes) is 1. The molecule has 0 spiro atoms. The van der Waals surface area contributed by atoms with Crippen molar-refractivity contribution in [1.29, 1.82) is 0 Å². The first-order valence-corrected chi connectivity index (χ1v) is 7.31. The molecule has 3 nitrogen and oxygen atoms in total. The summed E-state index contributed by atoms with van der Waals surface area (Å²) in [4.78, 5) is 2.47. The molecule has 2 N–H and O–H groups in total. The zero-order valence-corrected chi connectivity index (χ0v) is 12.8. The molecule has 108 valence electrons. The molecule has 0 amide bonds. The monoisotopic (exact) mass is 264 g/mol. The Balaban J connectivity index is 3.10. The predicted octanol–water partition coefficient (Wildman–Crippen LogP) is 3.56. The van der Waals surface area contributed by atoms with E-state index < -0.39 is 0 Å². The van der Waals surface area contributed by atoms with Crippen LogP contribution in [0, 0.1) is 0 Å². The molecule has 1 unspecified atom stereocenters. The van der Waals surface area contributed by atoms with E-state index >= 15 is 0 Å². The van der Waals surface area contributed by atoms with E-state index in [1.807, 2.05) is 6.07 Å². The van der Waals surface area contributed by atoms with Crippen molar-refractivity contribution in [2.75, 3.05) is 18.6 Å². The van der Waals surface area contributed by atoms with Crippen molar-refractivity contribution in [3.8, 4) is 5.75 Å². The summed E-state index contributed by atoms with van der Waals surface area (Å²) in [5.41, 5.74) is 8.30. The Labute approximate surface area is 117 Å². The minimum atomic E-state index is 0.518. The summed E-state index contributed by atoms with van der Waals surface area (Å²) < 4.78 is 5.35. The second-order valence-electron chi connectivity index (χ2n) is 5.00. The van der Waals surface area contributed by atoms with Crippen LogP contribution in [0.5, 0.6) is 5.75 Å². The summed E-state index contributed by atoms with van der Waals surface area (Å²) in [6.07, 6.45) is 3.53. The summed E-state index contributed by atoms with van der Waals surface area (Å²) >= 11 is 0. The van der Waals surface area contributed by atoms with Gasteiger partial charge in [-0.25, -0.2) is 0 Å². The highest BCUT2D eigenvalue weighted by Gasteiger charge is 2.16. The Hall–Kier alpha value is -1.22. The van der Waals surface area contributed by atoms with Crippen molar-refractivity contribution in [2.24, 2.45) is 5.73 Å². The van der Waals surface area contributed by atoms with Crippen LogP contribution in [0.25, 0.3) is 0 Å². The Morgan fingerprint density at radius 3 is 2.58 bits per heavy atom.